The summed E-state index contributed by atoms with van der Waals surface area (Å²) in [6.45, 7) is 2.89. The van der Waals surface area contributed by atoms with Crippen LogP contribution in [0.5, 0.6) is 0 Å². The van der Waals surface area contributed by atoms with Crippen LogP contribution in [0.25, 0.3) is 0 Å². The van der Waals surface area contributed by atoms with Crippen LogP contribution in [0.1, 0.15) is 0 Å². The molecule has 0 radical (unpaired) electrons. The Hall–Kier alpha value is -0.570. The Morgan fingerprint density at radius 2 is 2.14 bits per heavy atom. The van der Waals surface area contributed by atoms with Crippen LogP contribution >= 0.6 is 0 Å². The molecule has 0 aliphatic rings. The van der Waals surface area contributed by atoms with Crippen LogP contribution in [0.2, 0.25) is 0 Å². The highest BCUT2D eigenvalue weighted by Crippen LogP contribution is 1.77. The molecule has 0 heterocycles. The lowest BCUT2D eigenvalue weighted by Gasteiger charge is -1.92. The van der Waals surface area contributed by atoms with Gasteiger partial charge in [-0.1, -0.05) is 6.58 Å². The van der Waals surface area contributed by atoms with E-state index in [0.29, 0.717) is 5.41 Å². The van der Waals surface area contributed by atoms with Gasteiger partial charge in [0.1, 0.15) is 10.1 Å². The molecule has 0 spiro atoms. The van der Waals surface area contributed by atoms with Crippen LogP contribution in [0.4, 0.5) is 0 Å². The van der Waals surface area contributed by atoms with Crippen LogP contribution in [-0.2, 0) is 10.1 Å². The first-order valence-corrected chi connectivity index (χ1v) is 2.85. The molecule has 7 heavy (non-hydrogen) atoms. The molecule has 0 atom stereocenters. The zero-order valence-electron chi connectivity index (χ0n) is 3.42. The van der Waals surface area contributed by atoms with Crippen molar-refractivity contribution in [1.29, 1.82) is 0 Å². The van der Waals surface area contributed by atoms with Gasteiger partial charge in [0.05, 0.1) is 5.41 Å². The van der Waals surface area contributed by atoms with E-state index in [1.54, 1.807) is 0 Å². The molecule has 0 bridgehead atoms. The highest BCUT2D eigenvalue weighted by molar-refractivity contribution is 7.88. The summed E-state index contributed by atoms with van der Waals surface area (Å²) in [5, 5.41) is 0.368. The van der Waals surface area contributed by atoms with E-state index in [9.17, 15) is 13.0 Å². The molecule has 0 saturated carbocycles. The highest BCUT2D eigenvalue weighted by atomic mass is 32.2. The molecule has 40 valence electrons. The van der Waals surface area contributed by atoms with Crippen LogP contribution in [0.3, 0.4) is 0 Å². The fourth-order valence-corrected chi connectivity index (χ4v) is 0.306. The third kappa shape index (κ3) is 5.43. The molecule has 4 heteroatoms. The molecular weight excluding hydrogens is 116 g/mol. The van der Waals surface area contributed by atoms with Crippen molar-refractivity contribution in [3.8, 4) is 0 Å². The van der Waals surface area contributed by atoms with Crippen molar-refractivity contribution in [3.05, 3.63) is 17.7 Å². The van der Waals surface area contributed by atoms with Gasteiger partial charge in [0.15, 0.2) is 0 Å². The molecule has 0 fully saturated rings. The second-order valence-corrected chi connectivity index (χ2v) is 2.04. The summed E-state index contributed by atoms with van der Waals surface area (Å²) in [6.07, 6.45) is 0. The van der Waals surface area contributed by atoms with Gasteiger partial charge < -0.3 is 4.55 Å². The summed E-state index contributed by atoms with van der Waals surface area (Å²) < 4.78 is 28.6. The lowest BCUT2D eigenvalue weighted by molar-refractivity contribution is 0.474. The van der Waals surface area contributed by atoms with Gasteiger partial charge in [-0.05, 0) is 0 Å². The maximum Gasteiger partial charge on any atom is 0.124 e. The average molecular weight is 119 g/mol. The number of hydrogen-bond donors (Lipinski definition) is 0. The first kappa shape index (κ1) is 6.43. The zero-order valence-corrected chi connectivity index (χ0v) is 4.23. The average Bonchev–Trinajstić information content (AvgIpc) is 1.30. The standard InChI is InChI=1S/C3H4O3S/c1-2-3-7(4,5)6/h3H,1H2,(H,4,5,6)/p-1. The van der Waals surface area contributed by atoms with Gasteiger partial charge in [0, 0.05) is 0 Å². The first-order valence-electron chi connectivity index (χ1n) is 1.38. The fraction of sp³-hybridized carbons (Fsp3) is 0. The molecule has 0 aliphatic carbocycles. The van der Waals surface area contributed by atoms with Crippen LogP contribution in [0.15, 0.2) is 17.7 Å². The van der Waals surface area contributed by atoms with Crippen molar-refractivity contribution in [2.24, 2.45) is 0 Å². The van der Waals surface area contributed by atoms with Gasteiger partial charge in [-0.2, -0.15) is 0 Å². The molecule has 0 aromatic rings. The van der Waals surface area contributed by atoms with E-state index < -0.39 is 10.1 Å². The van der Waals surface area contributed by atoms with E-state index in [1.807, 2.05) is 5.73 Å². The summed E-state index contributed by atoms with van der Waals surface area (Å²) >= 11 is 0. The Bertz CT molecular complexity index is 182. The van der Waals surface area contributed by atoms with Crippen molar-refractivity contribution in [3.63, 3.8) is 0 Å². The lowest BCUT2D eigenvalue weighted by Crippen LogP contribution is -1.87. The third-order valence-corrected chi connectivity index (χ3v) is 0.683. The van der Waals surface area contributed by atoms with Crippen molar-refractivity contribution >= 4 is 10.1 Å². The summed E-state index contributed by atoms with van der Waals surface area (Å²) in [7, 11) is -4.22. The molecule has 0 N–H and O–H groups in total. The summed E-state index contributed by atoms with van der Waals surface area (Å²) in [5.41, 5.74) is 1.83. The summed E-state index contributed by atoms with van der Waals surface area (Å²) in [5.74, 6) is 0. The predicted molar refractivity (Wildman–Crippen MR) is 23.4 cm³/mol. The Morgan fingerprint density at radius 1 is 1.71 bits per heavy atom. The molecule has 3 nitrogen and oxygen atoms in total. The van der Waals surface area contributed by atoms with Crippen molar-refractivity contribution in [2.75, 3.05) is 0 Å². The quantitative estimate of drug-likeness (QED) is 0.355. The molecule has 0 rings (SSSR count). The second kappa shape index (κ2) is 1.93. The first-order chi connectivity index (χ1) is 3.06. The number of rotatable bonds is 1. The maximum atomic E-state index is 9.52. The Kier molecular flexibility index (Phi) is 1.77. The van der Waals surface area contributed by atoms with E-state index in [1.165, 1.54) is 0 Å². The van der Waals surface area contributed by atoms with Gasteiger partial charge in [0.2, 0.25) is 0 Å². The zero-order chi connectivity index (χ0) is 5.91. The molecule has 0 aromatic carbocycles. The van der Waals surface area contributed by atoms with E-state index in [2.05, 4.69) is 6.58 Å². The normalized spacial score (nSPS) is 9.86. The smallest absolute Gasteiger partial charge is 0.124 e. The van der Waals surface area contributed by atoms with Crippen LogP contribution < -0.4 is 0 Å². The van der Waals surface area contributed by atoms with Crippen molar-refractivity contribution < 1.29 is 13.0 Å². The molecule has 0 aromatic heterocycles. The summed E-state index contributed by atoms with van der Waals surface area (Å²) in [6, 6.07) is 0. The van der Waals surface area contributed by atoms with Gasteiger partial charge in [0.25, 0.3) is 0 Å². The second-order valence-electron chi connectivity index (χ2n) is 0.815. The van der Waals surface area contributed by atoms with Gasteiger partial charge in [-0.25, -0.2) is 8.42 Å². The Balaban J connectivity index is 4.44. The van der Waals surface area contributed by atoms with Crippen molar-refractivity contribution in [2.45, 2.75) is 0 Å². The molecule has 0 amide bonds. The molecule has 0 saturated heterocycles. The van der Waals surface area contributed by atoms with E-state index >= 15 is 0 Å². The molecular formula is C3H3O3S-. The van der Waals surface area contributed by atoms with Crippen LogP contribution in [0, 0.1) is 0 Å². The molecule has 0 aliphatic heterocycles. The monoisotopic (exact) mass is 119 g/mol. The molecule has 0 unspecified atom stereocenters. The minimum absolute atomic E-state index is 0.368. The van der Waals surface area contributed by atoms with E-state index in [0.717, 1.165) is 0 Å². The minimum atomic E-state index is -4.22. The third-order valence-electron chi connectivity index (χ3n) is 0.228. The maximum absolute atomic E-state index is 9.52. The van der Waals surface area contributed by atoms with E-state index in [-0.39, 0.29) is 0 Å². The predicted octanol–water partition coefficient (Wildman–Crippen LogP) is -0.170. The highest BCUT2D eigenvalue weighted by Gasteiger charge is 1.75. The Morgan fingerprint density at radius 3 is 2.14 bits per heavy atom. The Labute approximate surface area is 41.7 Å². The largest absolute Gasteiger partial charge is 0.744 e. The topological polar surface area (TPSA) is 57.2 Å². The summed E-state index contributed by atoms with van der Waals surface area (Å²) in [4.78, 5) is 0. The van der Waals surface area contributed by atoms with Crippen LogP contribution in [-0.4, -0.2) is 13.0 Å². The lowest BCUT2D eigenvalue weighted by atomic mass is 11.0. The fourth-order valence-electron chi connectivity index (χ4n) is 0.102. The SMILES string of the molecule is C=C=CS(=O)(=O)[O-]. The van der Waals surface area contributed by atoms with E-state index in [4.69, 9.17) is 0 Å². The number of hydrogen-bond acceptors (Lipinski definition) is 3. The van der Waals surface area contributed by atoms with Crippen molar-refractivity contribution in [1.82, 2.24) is 0 Å². The van der Waals surface area contributed by atoms with Gasteiger partial charge >= 0.3 is 0 Å². The van der Waals surface area contributed by atoms with Gasteiger partial charge in [-0.15, -0.1) is 5.73 Å². The minimum Gasteiger partial charge on any atom is -0.744 e. The van der Waals surface area contributed by atoms with Gasteiger partial charge in [-0.3, -0.25) is 0 Å².